The number of hydrogen-bond donors (Lipinski definition) is 2. The molecule has 6 heteroatoms. The Hall–Kier alpha value is -0.480. The molecule has 0 saturated carbocycles. The number of hydrogen-bond acceptors (Lipinski definition) is 2. The number of nitrogens with two attached hydrogens (primary N) is 1. The molecule has 0 aliphatic rings. The first-order chi connectivity index (χ1) is 8.86. The zero-order valence-corrected chi connectivity index (χ0v) is 12.7. The number of primary amides is 1. The molecule has 0 aromatic heterocycles. The number of carbonyl (C=O) groups excluding carboxylic acids is 1. The Bertz CT molecular complexity index is 283. The molecule has 3 N–H and O–H groups in total. The molecule has 0 fully saturated rings. The van der Waals surface area contributed by atoms with Crippen LogP contribution in [0.3, 0.4) is 0 Å². The van der Waals surface area contributed by atoms with Crippen molar-refractivity contribution in [2.45, 2.75) is 68.5 Å². The van der Waals surface area contributed by atoms with Gasteiger partial charge in [0.2, 0.25) is 10.2 Å². The van der Waals surface area contributed by atoms with Crippen LogP contribution in [-0.2, 0) is 9.59 Å². The molecule has 0 bridgehead atoms. The van der Waals surface area contributed by atoms with Gasteiger partial charge in [0.15, 0.2) is 0 Å². The fraction of sp³-hybridized carbons (Fsp3) is 0.846. The van der Waals surface area contributed by atoms with Crippen molar-refractivity contribution in [2.75, 3.05) is 0 Å². The van der Waals surface area contributed by atoms with Gasteiger partial charge in [-0.2, -0.15) is 0 Å². The molecular weight excluding hydrogens is 289 g/mol. The van der Waals surface area contributed by atoms with E-state index in [1.165, 1.54) is 0 Å². The van der Waals surface area contributed by atoms with Gasteiger partial charge >= 0.3 is 5.97 Å². The van der Waals surface area contributed by atoms with E-state index < -0.39 is 10.3 Å². The molecule has 0 radical (unpaired) electrons. The van der Waals surface area contributed by atoms with Gasteiger partial charge in [-0.3, -0.25) is 4.79 Å². The fourth-order valence-corrected chi connectivity index (χ4v) is 2.08. The molecule has 0 unspecified atom stereocenters. The molecule has 0 aromatic rings. The normalized spacial score (nSPS) is 11.5. The highest BCUT2D eigenvalue weighted by molar-refractivity contribution is 6.57. The van der Waals surface area contributed by atoms with Crippen LogP contribution in [0.5, 0.6) is 0 Å². The molecule has 0 rings (SSSR count). The lowest BCUT2D eigenvalue weighted by Crippen LogP contribution is -2.25. The summed E-state index contributed by atoms with van der Waals surface area (Å²) in [5, 5.41) is 8.71. The molecule has 1 amide bonds. The summed E-state index contributed by atoms with van der Waals surface area (Å²) in [5.74, 6) is -1.41. The van der Waals surface area contributed by atoms with E-state index >= 15 is 0 Å². The highest BCUT2D eigenvalue weighted by atomic mass is 35.5. The van der Waals surface area contributed by atoms with Crippen LogP contribution in [-0.4, -0.2) is 21.3 Å². The summed E-state index contributed by atoms with van der Waals surface area (Å²) >= 11 is 11.2. The lowest BCUT2D eigenvalue weighted by Gasteiger charge is -2.13. The van der Waals surface area contributed by atoms with Crippen LogP contribution in [0.15, 0.2) is 0 Å². The molecule has 0 aliphatic carbocycles. The van der Waals surface area contributed by atoms with E-state index in [-0.39, 0.29) is 12.3 Å². The second kappa shape index (κ2) is 10.3. The topological polar surface area (TPSA) is 80.4 Å². The predicted molar refractivity (Wildman–Crippen MR) is 77.4 cm³/mol. The first-order valence-corrected chi connectivity index (χ1v) is 7.51. The number of alkyl halides is 2. The van der Waals surface area contributed by atoms with Crippen molar-refractivity contribution >= 4 is 35.1 Å². The van der Waals surface area contributed by atoms with Crippen LogP contribution in [0, 0.1) is 0 Å². The lowest BCUT2D eigenvalue weighted by molar-refractivity contribution is -0.138. The highest BCUT2D eigenvalue weighted by Crippen LogP contribution is 2.28. The smallest absolute Gasteiger partial charge is 0.340 e. The van der Waals surface area contributed by atoms with E-state index in [1.54, 1.807) is 0 Å². The molecule has 0 aromatic carbocycles. The number of rotatable bonds is 12. The van der Waals surface area contributed by atoms with Gasteiger partial charge < -0.3 is 10.8 Å². The average Bonchev–Trinajstić information content (AvgIpc) is 2.30. The molecule has 0 heterocycles. The summed E-state index contributed by atoms with van der Waals surface area (Å²) in [4.78, 5) is 21.1. The van der Waals surface area contributed by atoms with Crippen molar-refractivity contribution in [3.05, 3.63) is 0 Å². The maximum absolute atomic E-state index is 10.6. The lowest BCUT2D eigenvalue weighted by atomic mass is 10.1. The monoisotopic (exact) mass is 311 g/mol. The van der Waals surface area contributed by atoms with Crippen molar-refractivity contribution in [3.8, 4) is 0 Å². The third-order valence-corrected chi connectivity index (χ3v) is 3.68. The largest absolute Gasteiger partial charge is 0.479 e. The van der Waals surface area contributed by atoms with Crippen molar-refractivity contribution in [1.82, 2.24) is 0 Å². The third kappa shape index (κ3) is 11.1. The van der Waals surface area contributed by atoms with Gasteiger partial charge in [-0.1, -0.05) is 61.7 Å². The van der Waals surface area contributed by atoms with E-state index in [2.05, 4.69) is 0 Å². The van der Waals surface area contributed by atoms with Crippen LogP contribution in [0.4, 0.5) is 0 Å². The molecule has 112 valence electrons. The molecule has 0 aliphatic heterocycles. The molecule has 4 nitrogen and oxygen atoms in total. The summed E-state index contributed by atoms with van der Waals surface area (Å²) in [7, 11) is 0. The summed E-state index contributed by atoms with van der Waals surface area (Å²) < 4.78 is -1.64. The van der Waals surface area contributed by atoms with E-state index in [9.17, 15) is 9.59 Å². The molecule has 19 heavy (non-hydrogen) atoms. The summed E-state index contributed by atoms with van der Waals surface area (Å²) in [5.41, 5.74) is 5.04. The Morgan fingerprint density at radius 2 is 1.32 bits per heavy atom. The quantitative estimate of drug-likeness (QED) is 0.426. The maximum atomic E-state index is 10.6. The van der Waals surface area contributed by atoms with Crippen molar-refractivity contribution < 1.29 is 14.7 Å². The second-order valence-electron chi connectivity index (χ2n) is 4.80. The van der Waals surface area contributed by atoms with Crippen LogP contribution >= 0.6 is 23.2 Å². The first-order valence-electron chi connectivity index (χ1n) is 6.76. The van der Waals surface area contributed by atoms with Gasteiger partial charge in [0.05, 0.1) is 0 Å². The third-order valence-electron chi connectivity index (χ3n) is 2.98. The Morgan fingerprint density at radius 1 is 0.895 bits per heavy atom. The van der Waals surface area contributed by atoms with Crippen molar-refractivity contribution in [1.29, 1.82) is 0 Å². The maximum Gasteiger partial charge on any atom is 0.340 e. The average molecular weight is 312 g/mol. The van der Waals surface area contributed by atoms with E-state index in [0.717, 1.165) is 51.4 Å². The van der Waals surface area contributed by atoms with Crippen LogP contribution in [0.2, 0.25) is 0 Å². The Balaban J connectivity index is 3.28. The molecule has 0 atom stereocenters. The number of halogens is 2. The van der Waals surface area contributed by atoms with Gasteiger partial charge in [-0.05, 0) is 19.3 Å². The van der Waals surface area contributed by atoms with E-state index in [0.29, 0.717) is 6.42 Å². The second-order valence-corrected chi connectivity index (χ2v) is 6.29. The minimum absolute atomic E-state index is 0.232. The summed E-state index contributed by atoms with van der Waals surface area (Å²) in [6, 6.07) is 0. The molecule has 0 saturated heterocycles. The number of aliphatic carboxylic acids is 1. The minimum Gasteiger partial charge on any atom is -0.479 e. The summed E-state index contributed by atoms with van der Waals surface area (Å²) in [6.07, 6.45) is 8.73. The first kappa shape index (κ1) is 18.5. The van der Waals surface area contributed by atoms with Gasteiger partial charge in [0.1, 0.15) is 0 Å². The number of carboxylic acids is 1. The van der Waals surface area contributed by atoms with Crippen LogP contribution in [0.1, 0.15) is 64.2 Å². The van der Waals surface area contributed by atoms with Crippen LogP contribution < -0.4 is 5.73 Å². The Morgan fingerprint density at radius 3 is 1.74 bits per heavy atom. The minimum atomic E-state index is -1.64. The van der Waals surface area contributed by atoms with E-state index in [1.807, 2.05) is 0 Å². The Labute approximate surface area is 124 Å². The van der Waals surface area contributed by atoms with Gasteiger partial charge in [-0.15, -0.1) is 0 Å². The Kier molecular flexibility index (Phi) is 10.1. The zero-order chi connectivity index (χ0) is 14.7. The van der Waals surface area contributed by atoms with Gasteiger partial charge in [0.25, 0.3) is 0 Å². The SMILES string of the molecule is NC(=O)CCCCCCCCCCC(Cl)(Cl)C(=O)O. The standard InChI is InChI=1S/C13H23Cl2NO3/c14-13(15,12(18)19)10-8-6-4-2-1-3-5-7-9-11(16)17/h1-10H2,(H2,16,17)(H,18,19). The van der Waals surface area contributed by atoms with E-state index in [4.69, 9.17) is 34.0 Å². The molecule has 0 spiro atoms. The predicted octanol–water partition coefficient (Wildman–Crippen LogP) is 3.63. The van der Waals surface area contributed by atoms with Crippen molar-refractivity contribution in [3.63, 3.8) is 0 Å². The van der Waals surface area contributed by atoms with Gasteiger partial charge in [0, 0.05) is 6.42 Å². The summed E-state index contributed by atoms with van der Waals surface area (Å²) in [6.45, 7) is 0. The number of unbranched alkanes of at least 4 members (excludes halogenated alkanes) is 7. The fourth-order valence-electron chi connectivity index (χ4n) is 1.81. The zero-order valence-electron chi connectivity index (χ0n) is 11.2. The van der Waals surface area contributed by atoms with Crippen molar-refractivity contribution in [2.24, 2.45) is 5.73 Å². The number of carbonyl (C=O) groups is 2. The van der Waals surface area contributed by atoms with Crippen LogP contribution in [0.25, 0.3) is 0 Å². The van der Waals surface area contributed by atoms with Gasteiger partial charge in [-0.25, -0.2) is 4.79 Å². The molecular formula is C13H23Cl2NO3. The number of amides is 1. The number of carboxylic acid groups (broad SMARTS) is 1. The highest BCUT2D eigenvalue weighted by Gasteiger charge is 2.32.